The fourth-order valence-electron chi connectivity index (χ4n) is 3.32. The van der Waals surface area contributed by atoms with E-state index in [0.717, 1.165) is 47.9 Å². The standard InChI is InChI=1S/C22H28N2O5S/c1-3-5-12-29-17-9-8-16(13-18(17)28-4-2)14-19-21(26)24(22(27)30-19)15-20(25)23-10-6-7-11-23/h8-9,13-14H,3-7,10-12,15H2,1-2H3/b19-14-. The summed E-state index contributed by atoms with van der Waals surface area (Å²) in [7, 11) is 0. The lowest BCUT2D eigenvalue weighted by molar-refractivity contribution is -0.135. The van der Waals surface area contributed by atoms with Gasteiger partial charge >= 0.3 is 0 Å². The van der Waals surface area contributed by atoms with Crippen molar-refractivity contribution in [3.05, 3.63) is 28.7 Å². The molecule has 162 valence electrons. The van der Waals surface area contributed by atoms with Gasteiger partial charge in [0.2, 0.25) is 5.91 Å². The van der Waals surface area contributed by atoms with Crippen LogP contribution in [0.4, 0.5) is 4.79 Å². The van der Waals surface area contributed by atoms with E-state index in [4.69, 9.17) is 9.47 Å². The molecule has 0 N–H and O–H groups in total. The van der Waals surface area contributed by atoms with Gasteiger partial charge in [0.25, 0.3) is 11.1 Å². The average Bonchev–Trinajstić information content (AvgIpc) is 3.35. The molecule has 0 radical (unpaired) electrons. The first kappa shape index (κ1) is 22.2. The molecule has 7 nitrogen and oxygen atoms in total. The Balaban J connectivity index is 1.72. The van der Waals surface area contributed by atoms with E-state index >= 15 is 0 Å². The molecule has 0 aromatic heterocycles. The molecule has 3 rings (SSSR count). The van der Waals surface area contributed by atoms with E-state index in [0.29, 0.717) is 42.7 Å². The molecule has 0 bridgehead atoms. The molecule has 2 fully saturated rings. The zero-order valence-corrected chi connectivity index (χ0v) is 18.3. The number of rotatable bonds is 9. The summed E-state index contributed by atoms with van der Waals surface area (Å²) in [6.45, 7) is 6.28. The van der Waals surface area contributed by atoms with Crippen LogP contribution in [-0.2, 0) is 9.59 Å². The average molecular weight is 433 g/mol. The number of nitrogens with zero attached hydrogens (tertiary/aromatic N) is 2. The van der Waals surface area contributed by atoms with Gasteiger partial charge < -0.3 is 14.4 Å². The summed E-state index contributed by atoms with van der Waals surface area (Å²) in [5.41, 5.74) is 0.734. The van der Waals surface area contributed by atoms with Gasteiger partial charge in [-0.05, 0) is 61.7 Å². The highest BCUT2D eigenvalue weighted by atomic mass is 32.2. The molecule has 0 unspecified atom stereocenters. The molecular weight excluding hydrogens is 404 g/mol. The number of likely N-dealkylation sites (tertiary alicyclic amines) is 1. The van der Waals surface area contributed by atoms with E-state index in [1.54, 1.807) is 17.0 Å². The van der Waals surface area contributed by atoms with Gasteiger partial charge in [-0.15, -0.1) is 0 Å². The summed E-state index contributed by atoms with van der Waals surface area (Å²) in [5.74, 6) is 0.652. The van der Waals surface area contributed by atoms with Gasteiger partial charge in [0.05, 0.1) is 18.1 Å². The van der Waals surface area contributed by atoms with E-state index in [1.165, 1.54) is 0 Å². The predicted molar refractivity (Wildman–Crippen MR) is 117 cm³/mol. The van der Waals surface area contributed by atoms with Crippen LogP contribution in [0.15, 0.2) is 23.1 Å². The Morgan fingerprint density at radius 3 is 2.60 bits per heavy atom. The van der Waals surface area contributed by atoms with Gasteiger partial charge in [-0.25, -0.2) is 0 Å². The highest BCUT2D eigenvalue weighted by molar-refractivity contribution is 8.18. The Labute approximate surface area is 181 Å². The number of amides is 3. The minimum atomic E-state index is -0.432. The first-order chi connectivity index (χ1) is 14.5. The lowest BCUT2D eigenvalue weighted by atomic mass is 10.2. The van der Waals surface area contributed by atoms with Crippen LogP contribution in [0, 0.1) is 0 Å². The van der Waals surface area contributed by atoms with Gasteiger partial charge in [-0.3, -0.25) is 19.3 Å². The highest BCUT2D eigenvalue weighted by Crippen LogP contribution is 2.34. The fraction of sp³-hybridized carbons (Fsp3) is 0.500. The number of hydrogen-bond donors (Lipinski definition) is 0. The SMILES string of the molecule is CCCCOc1ccc(/C=C2\SC(=O)N(CC(=O)N3CCCC3)C2=O)cc1OCC. The maximum absolute atomic E-state index is 12.7. The van der Waals surface area contributed by atoms with E-state index in [1.807, 2.05) is 19.1 Å². The van der Waals surface area contributed by atoms with Crippen molar-refractivity contribution in [2.45, 2.75) is 39.5 Å². The van der Waals surface area contributed by atoms with Crippen molar-refractivity contribution in [2.24, 2.45) is 0 Å². The van der Waals surface area contributed by atoms with Crippen LogP contribution in [0.3, 0.4) is 0 Å². The summed E-state index contributed by atoms with van der Waals surface area (Å²) < 4.78 is 11.5. The number of carbonyl (C=O) groups excluding carboxylic acids is 3. The van der Waals surface area contributed by atoms with Crippen molar-refractivity contribution in [2.75, 3.05) is 32.8 Å². The van der Waals surface area contributed by atoms with Crippen LogP contribution in [0.2, 0.25) is 0 Å². The predicted octanol–water partition coefficient (Wildman–Crippen LogP) is 3.92. The Morgan fingerprint density at radius 1 is 1.13 bits per heavy atom. The molecule has 0 saturated carbocycles. The lowest BCUT2D eigenvalue weighted by Gasteiger charge is -2.18. The maximum atomic E-state index is 12.7. The first-order valence-electron chi connectivity index (χ1n) is 10.5. The smallest absolute Gasteiger partial charge is 0.294 e. The number of imide groups is 1. The number of carbonyl (C=O) groups is 3. The van der Waals surface area contributed by atoms with Crippen molar-refractivity contribution in [3.63, 3.8) is 0 Å². The van der Waals surface area contributed by atoms with Gasteiger partial charge in [0, 0.05) is 13.1 Å². The molecular formula is C22H28N2O5S. The Bertz CT molecular complexity index is 833. The number of unbranched alkanes of at least 4 members (excludes halogenated alkanes) is 1. The molecule has 1 aromatic carbocycles. The van der Waals surface area contributed by atoms with E-state index in [2.05, 4.69) is 6.92 Å². The van der Waals surface area contributed by atoms with Crippen molar-refractivity contribution in [1.82, 2.24) is 9.80 Å². The van der Waals surface area contributed by atoms with Crippen LogP contribution in [0.5, 0.6) is 11.5 Å². The molecule has 2 aliphatic rings. The van der Waals surface area contributed by atoms with Crippen LogP contribution in [0.1, 0.15) is 45.1 Å². The zero-order chi connectivity index (χ0) is 21.5. The number of thioether (sulfide) groups is 1. The summed E-state index contributed by atoms with van der Waals surface area (Å²) in [4.78, 5) is 40.4. The molecule has 2 heterocycles. The van der Waals surface area contributed by atoms with Crippen molar-refractivity contribution in [3.8, 4) is 11.5 Å². The largest absolute Gasteiger partial charge is 0.490 e. The van der Waals surface area contributed by atoms with Crippen molar-refractivity contribution < 1.29 is 23.9 Å². The Hall–Kier alpha value is -2.48. The van der Waals surface area contributed by atoms with Crippen molar-refractivity contribution in [1.29, 1.82) is 0 Å². The minimum absolute atomic E-state index is 0.178. The van der Waals surface area contributed by atoms with Gasteiger partial charge in [0.15, 0.2) is 11.5 Å². The van der Waals surface area contributed by atoms with Crippen molar-refractivity contribution >= 4 is 34.9 Å². The second kappa shape index (κ2) is 10.5. The quantitative estimate of drug-likeness (QED) is 0.435. The molecule has 0 spiro atoms. The Morgan fingerprint density at radius 2 is 1.90 bits per heavy atom. The second-order valence-corrected chi connectivity index (χ2v) is 8.19. The molecule has 3 amide bonds. The summed E-state index contributed by atoms with van der Waals surface area (Å²) in [6, 6.07) is 5.44. The first-order valence-corrected chi connectivity index (χ1v) is 11.3. The van der Waals surface area contributed by atoms with Crippen LogP contribution in [-0.4, -0.2) is 59.7 Å². The van der Waals surface area contributed by atoms with E-state index in [9.17, 15) is 14.4 Å². The molecule has 0 aliphatic carbocycles. The van der Waals surface area contributed by atoms with E-state index < -0.39 is 11.1 Å². The monoisotopic (exact) mass is 432 g/mol. The summed E-state index contributed by atoms with van der Waals surface area (Å²) in [6.07, 6.45) is 5.58. The van der Waals surface area contributed by atoms with Crippen LogP contribution in [0.25, 0.3) is 6.08 Å². The molecule has 2 saturated heterocycles. The molecule has 8 heteroatoms. The van der Waals surface area contributed by atoms with Crippen LogP contribution < -0.4 is 9.47 Å². The minimum Gasteiger partial charge on any atom is -0.490 e. The normalized spacial score (nSPS) is 17.9. The third kappa shape index (κ3) is 5.36. The van der Waals surface area contributed by atoms with Crippen LogP contribution >= 0.6 is 11.8 Å². The van der Waals surface area contributed by atoms with Gasteiger partial charge in [-0.2, -0.15) is 0 Å². The number of ether oxygens (including phenoxy) is 2. The van der Waals surface area contributed by atoms with Gasteiger partial charge in [0.1, 0.15) is 6.54 Å². The topological polar surface area (TPSA) is 76.2 Å². The summed E-state index contributed by atoms with van der Waals surface area (Å²) >= 11 is 0.857. The number of hydrogen-bond acceptors (Lipinski definition) is 6. The second-order valence-electron chi connectivity index (χ2n) is 7.20. The van der Waals surface area contributed by atoms with E-state index in [-0.39, 0.29) is 12.5 Å². The third-order valence-corrected chi connectivity index (χ3v) is 5.85. The third-order valence-electron chi connectivity index (χ3n) is 4.95. The fourth-order valence-corrected chi connectivity index (χ4v) is 4.16. The molecule has 30 heavy (non-hydrogen) atoms. The highest BCUT2D eigenvalue weighted by Gasteiger charge is 2.37. The summed E-state index contributed by atoms with van der Waals surface area (Å²) in [5, 5.41) is -0.414. The molecule has 2 aliphatic heterocycles. The lowest BCUT2D eigenvalue weighted by Crippen LogP contribution is -2.40. The zero-order valence-electron chi connectivity index (χ0n) is 17.5. The molecule has 0 atom stereocenters. The van der Waals surface area contributed by atoms with Gasteiger partial charge in [-0.1, -0.05) is 19.4 Å². The number of benzene rings is 1. The maximum Gasteiger partial charge on any atom is 0.294 e. The molecule has 1 aromatic rings. The Kier molecular flexibility index (Phi) is 7.79.